The molecule has 4 amide bonds. The molecule has 7 heteroatoms. The van der Waals surface area contributed by atoms with Crippen molar-refractivity contribution < 1.29 is 14.4 Å². The fourth-order valence-corrected chi connectivity index (χ4v) is 3.39. The summed E-state index contributed by atoms with van der Waals surface area (Å²) >= 11 is 0. The predicted octanol–water partition coefficient (Wildman–Crippen LogP) is 1.34. The first kappa shape index (κ1) is 16.4. The number of imide groups is 1. The normalized spacial score (nSPS) is 18.9. The van der Waals surface area contributed by atoms with Crippen molar-refractivity contribution in [3.05, 3.63) is 30.1 Å². The summed E-state index contributed by atoms with van der Waals surface area (Å²) in [4.78, 5) is 41.6. The summed E-state index contributed by atoms with van der Waals surface area (Å²) in [5.41, 5.74) is 0.266. The van der Waals surface area contributed by atoms with Crippen LogP contribution in [0, 0.1) is 0 Å². The Bertz CT molecular complexity index is 626. The fraction of sp³-hybridized carbons (Fsp3) is 0.529. The van der Waals surface area contributed by atoms with Crippen LogP contribution >= 0.6 is 0 Å². The maximum absolute atomic E-state index is 12.5. The second-order valence-electron chi connectivity index (χ2n) is 6.42. The topological polar surface area (TPSA) is 91.4 Å². The number of urea groups is 1. The summed E-state index contributed by atoms with van der Waals surface area (Å²) in [5.74, 6) is -0.220. The zero-order chi connectivity index (χ0) is 17.0. The molecule has 2 N–H and O–H groups in total. The summed E-state index contributed by atoms with van der Waals surface area (Å²) in [7, 11) is 0. The Balaban J connectivity index is 1.42. The van der Waals surface area contributed by atoms with Gasteiger partial charge in [0.05, 0.1) is 0 Å². The van der Waals surface area contributed by atoms with Crippen molar-refractivity contribution in [3.63, 3.8) is 0 Å². The number of carbonyl (C=O) groups excluding carboxylic acids is 3. The minimum Gasteiger partial charge on any atom is -0.352 e. The molecular formula is C17H22N4O3. The highest BCUT2D eigenvalue weighted by Crippen LogP contribution is 2.35. The maximum atomic E-state index is 12.5. The Morgan fingerprint density at radius 3 is 2.83 bits per heavy atom. The summed E-state index contributed by atoms with van der Waals surface area (Å²) < 4.78 is 0. The first-order chi connectivity index (χ1) is 11.6. The molecule has 24 heavy (non-hydrogen) atoms. The molecule has 1 aliphatic heterocycles. The van der Waals surface area contributed by atoms with Crippen LogP contribution in [0.3, 0.4) is 0 Å². The predicted molar refractivity (Wildman–Crippen MR) is 86.8 cm³/mol. The Kier molecular flexibility index (Phi) is 4.78. The highest BCUT2D eigenvalue weighted by Gasteiger charge is 2.51. The highest BCUT2D eigenvalue weighted by atomic mass is 16.2. The molecule has 2 aliphatic rings. The number of carbonyl (C=O) groups is 3. The van der Waals surface area contributed by atoms with Gasteiger partial charge < -0.3 is 10.6 Å². The van der Waals surface area contributed by atoms with Crippen LogP contribution in [-0.4, -0.2) is 39.8 Å². The van der Waals surface area contributed by atoms with E-state index in [4.69, 9.17) is 0 Å². The van der Waals surface area contributed by atoms with E-state index < -0.39 is 5.54 Å². The number of pyridine rings is 1. The molecule has 3 rings (SSSR count). The van der Waals surface area contributed by atoms with Gasteiger partial charge in [0.15, 0.2) is 0 Å². The molecule has 7 nitrogen and oxygen atoms in total. The maximum Gasteiger partial charge on any atom is 0.325 e. The molecule has 0 atom stereocenters. The van der Waals surface area contributed by atoms with Gasteiger partial charge >= 0.3 is 6.03 Å². The van der Waals surface area contributed by atoms with Crippen molar-refractivity contribution in [2.45, 2.75) is 50.6 Å². The first-order valence-corrected chi connectivity index (χ1v) is 8.40. The SMILES string of the molecule is O=C(CCCN1C(=O)NC2(CCCC2)C1=O)NCc1cccnc1. The van der Waals surface area contributed by atoms with Crippen LogP contribution < -0.4 is 10.6 Å². The number of nitrogens with zero attached hydrogens (tertiary/aromatic N) is 2. The smallest absolute Gasteiger partial charge is 0.325 e. The molecule has 1 aromatic rings. The van der Waals surface area contributed by atoms with Gasteiger partial charge in [-0.1, -0.05) is 18.9 Å². The van der Waals surface area contributed by atoms with Gasteiger partial charge in [-0.15, -0.1) is 0 Å². The van der Waals surface area contributed by atoms with E-state index >= 15 is 0 Å². The van der Waals surface area contributed by atoms with Crippen LogP contribution in [0.2, 0.25) is 0 Å². The van der Waals surface area contributed by atoms with Gasteiger partial charge in [-0.2, -0.15) is 0 Å². The van der Waals surface area contributed by atoms with Crippen LogP contribution in [0.4, 0.5) is 4.79 Å². The third-order valence-corrected chi connectivity index (χ3v) is 4.70. The van der Waals surface area contributed by atoms with Crippen LogP contribution in [-0.2, 0) is 16.1 Å². The van der Waals surface area contributed by atoms with Crippen molar-refractivity contribution in [2.24, 2.45) is 0 Å². The van der Waals surface area contributed by atoms with E-state index in [1.165, 1.54) is 4.90 Å². The minimum atomic E-state index is -0.667. The Hall–Kier alpha value is -2.44. The van der Waals surface area contributed by atoms with Crippen molar-refractivity contribution in [3.8, 4) is 0 Å². The van der Waals surface area contributed by atoms with Crippen LogP contribution in [0.25, 0.3) is 0 Å². The lowest BCUT2D eigenvalue weighted by atomic mass is 9.98. The fourth-order valence-electron chi connectivity index (χ4n) is 3.39. The second-order valence-corrected chi connectivity index (χ2v) is 6.42. The van der Waals surface area contributed by atoms with Gasteiger partial charge in [-0.05, 0) is 30.9 Å². The van der Waals surface area contributed by atoms with E-state index in [2.05, 4.69) is 15.6 Å². The third kappa shape index (κ3) is 3.39. The molecule has 1 saturated heterocycles. The molecule has 0 unspecified atom stereocenters. The van der Waals surface area contributed by atoms with Crippen molar-refractivity contribution >= 4 is 17.8 Å². The highest BCUT2D eigenvalue weighted by molar-refractivity contribution is 6.07. The summed E-state index contributed by atoms with van der Waals surface area (Å²) in [6.07, 6.45) is 7.51. The third-order valence-electron chi connectivity index (χ3n) is 4.70. The largest absolute Gasteiger partial charge is 0.352 e. The molecule has 0 aromatic carbocycles. The van der Waals surface area contributed by atoms with E-state index in [1.54, 1.807) is 12.4 Å². The number of amides is 4. The van der Waals surface area contributed by atoms with Gasteiger partial charge in [0.1, 0.15) is 5.54 Å². The number of hydrogen-bond acceptors (Lipinski definition) is 4. The Morgan fingerprint density at radius 1 is 1.33 bits per heavy atom. The van der Waals surface area contributed by atoms with E-state index in [0.717, 1.165) is 31.2 Å². The number of aromatic nitrogens is 1. The Labute approximate surface area is 140 Å². The Morgan fingerprint density at radius 2 is 2.12 bits per heavy atom. The molecule has 2 heterocycles. The van der Waals surface area contributed by atoms with Crippen molar-refractivity contribution in [1.29, 1.82) is 0 Å². The summed E-state index contributed by atoms with van der Waals surface area (Å²) in [5, 5.41) is 5.66. The molecule has 0 bridgehead atoms. The quantitative estimate of drug-likeness (QED) is 0.770. The average molecular weight is 330 g/mol. The first-order valence-electron chi connectivity index (χ1n) is 8.40. The standard InChI is InChI=1S/C17H22N4O3/c22-14(19-12-13-5-3-9-18-11-13)6-4-10-21-15(23)17(20-16(21)24)7-1-2-8-17/h3,5,9,11H,1-2,4,6-8,10,12H2,(H,19,22)(H,20,24). The molecule has 1 aromatic heterocycles. The minimum absolute atomic E-state index is 0.0958. The van der Waals surface area contributed by atoms with E-state index in [9.17, 15) is 14.4 Å². The van der Waals surface area contributed by atoms with Crippen LogP contribution in [0.15, 0.2) is 24.5 Å². The van der Waals surface area contributed by atoms with Crippen LogP contribution in [0.1, 0.15) is 44.1 Å². The monoisotopic (exact) mass is 330 g/mol. The molecule has 2 fully saturated rings. The van der Waals surface area contributed by atoms with E-state index in [1.807, 2.05) is 12.1 Å². The lowest BCUT2D eigenvalue weighted by Crippen LogP contribution is -2.44. The zero-order valence-corrected chi connectivity index (χ0v) is 13.6. The van der Waals surface area contributed by atoms with Gasteiger partial charge in [0, 0.05) is 31.9 Å². The van der Waals surface area contributed by atoms with E-state index in [-0.39, 0.29) is 30.8 Å². The lowest BCUT2D eigenvalue weighted by molar-refractivity contribution is -0.131. The van der Waals surface area contributed by atoms with Gasteiger partial charge in [0.2, 0.25) is 5.91 Å². The molecule has 1 saturated carbocycles. The molecule has 128 valence electrons. The second kappa shape index (κ2) is 6.98. The number of hydrogen-bond donors (Lipinski definition) is 2. The molecule has 1 spiro atoms. The van der Waals surface area contributed by atoms with Crippen molar-refractivity contribution in [2.75, 3.05) is 6.54 Å². The summed E-state index contributed by atoms with van der Waals surface area (Å²) in [6, 6.07) is 3.39. The van der Waals surface area contributed by atoms with Crippen molar-refractivity contribution in [1.82, 2.24) is 20.5 Å². The lowest BCUT2D eigenvalue weighted by Gasteiger charge is -2.19. The average Bonchev–Trinajstić information content (AvgIpc) is 3.14. The van der Waals surface area contributed by atoms with E-state index in [0.29, 0.717) is 13.0 Å². The molecular weight excluding hydrogens is 308 g/mol. The van der Waals surface area contributed by atoms with Gasteiger partial charge in [0.25, 0.3) is 5.91 Å². The zero-order valence-electron chi connectivity index (χ0n) is 13.6. The molecule has 0 radical (unpaired) electrons. The summed E-state index contributed by atoms with van der Waals surface area (Å²) in [6.45, 7) is 0.714. The van der Waals surface area contributed by atoms with Crippen LogP contribution in [0.5, 0.6) is 0 Å². The number of nitrogens with one attached hydrogen (secondary N) is 2. The van der Waals surface area contributed by atoms with Gasteiger partial charge in [-0.3, -0.25) is 19.5 Å². The number of rotatable bonds is 6. The van der Waals surface area contributed by atoms with Gasteiger partial charge in [-0.25, -0.2) is 4.79 Å². The molecule has 1 aliphatic carbocycles.